The Kier molecular flexibility index (Phi) is 6.89. The highest BCUT2D eigenvalue weighted by Crippen LogP contribution is 2.31. The summed E-state index contributed by atoms with van der Waals surface area (Å²) in [5.74, 6) is -0.802. The van der Waals surface area contributed by atoms with Crippen LogP contribution in [-0.4, -0.2) is 17.7 Å². The largest absolute Gasteiger partial charge is 0.340 e. The van der Waals surface area contributed by atoms with Crippen LogP contribution in [0.1, 0.15) is 64.7 Å². The standard InChI is InChI=1S/C26H27N3O3S/c1-16(30)27-22-13-21(14-23(15-22)28-17(2)31)26(32)29-25(24-8-5-11-33-24)20-10-9-18-6-3-4-7-19(18)12-20/h5,8-15,25H,3-4,6-7H2,1-2H3,(H,27,30)(H,28,31)(H,29,32). The molecule has 3 amide bonds. The summed E-state index contributed by atoms with van der Waals surface area (Å²) in [5, 5.41) is 10.5. The lowest BCUT2D eigenvalue weighted by atomic mass is 9.89. The summed E-state index contributed by atoms with van der Waals surface area (Å²) in [6.07, 6.45) is 4.58. The van der Waals surface area contributed by atoms with Gasteiger partial charge in [-0.1, -0.05) is 24.3 Å². The lowest BCUT2D eigenvalue weighted by molar-refractivity contribution is -0.115. The molecule has 0 aliphatic heterocycles. The zero-order chi connectivity index (χ0) is 23.4. The second-order valence-corrected chi connectivity index (χ2v) is 9.30. The van der Waals surface area contributed by atoms with Crippen LogP contribution in [0.25, 0.3) is 0 Å². The number of thiophene rings is 1. The summed E-state index contributed by atoms with van der Waals surface area (Å²) in [7, 11) is 0. The predicted octanol–water partition coefficient (Wildman–Crippen LogP) is 5.06. The molecule has 170 valence electrons. The van der Waals surface area contributed by atoms with E-state index in [2.05, 4.69) is 34.1 Å². The first-order chi connectivity index (χ1) is 15.9. The van der Waals surface area contributed by atoms with Gasteiger partial charge < -0.3 is 16.0 Å². The van der Waals surface area contributed by atoms with Gasteiger partial charge in [-0.25, -0.2) is 0 Å². The monoisotopic (exact) mass is 461 g/mol. The zero-order valence-electron chi connectivity index (χ0n) is 18.7. The Hall–Kier alpha value is -3.45. The number of anilines is 2. The third-order valence-electron chi connectivity index (χ3n) is 5.64. The molecule has 4 rings (SSSR count). The molecule has 1 aromatic heterocycles. The van der Waals surface area contributed by atoms with Gasteiger partial charge in [0.25, 0.3) is 5.91 Å². The van der Waals surface area contributed by atoms with Crippen LogP contribution in [0.15, 0.2) is 53.9 Å². The molecular weight excluding hydrogens is 434 g/mol. The smallest absolute Gasteiger partial charge is 0.252 e. The summed E-state index contributed by atoms with van der Waals surface area (Å²) in [4.78, 5) is 37.5. The molecule has 2 aromatic carbocycles. The molecule has 0 radical (unpaired) electrons. The molecule has 6 nitrogen and oxygen atoms in total. The third kappa shape index (κ3) is 5.68. The van der Waals surface area contributed by atoms with E-state index in [1.807, 2.05) is 17.5 Å². The molecule has 33 heavy (non-hydrogen) atoms. The number of nitrogens with one attached hydrogen (secondary N) is 3. The Morgan fingerprint density at radius 1 is 0.848 bits per heavy atom. The van der Waals surface area contributed by atoms with E-state index in [0.29, 0.717) is 16.9 Å². The molecule has 1 heterocycles. The van der Waals surface area contributed by atoms with Gasteiger partial charge in [0.05, 0.1) is 6.04 Å². The van der Waals surface area contributed by atoms with Crippen LogP contribution in [0.3, 0.4) is 0 Å². The summed E-state index contributed by atoms with van der Waals surface area (Å²) >= 11 is 1.59. The molecule has 0 saturated heterocycles. The van der Waals surface area contributed by atoms with E-state index in [9.17, 15) is 14.4 Å². The summed E-state index contributed by atoms with van der Waals surface area (Å²) in [6, 6.07) is 15.1. The van der Waals surface area contributed by atoms with Crippen LogP contribution in [0.5, 0.6) is 0 Å². The van der Waals surface area contributed by atoms with Gasteiger partial charge in [-0.05, 0) is 72.0 Å². The number of carbonyl (C=O) groups is 3. The van der Waals surface area contributed by atoms with Crippen LogP contribution in [0, 0.1) is 0 Å². The first-order valence-corrected chi connectivity index (χ1v) is 11.9. The highest BCUT2D eigenvalue weighted by Gasteiger charge is 2.21. The highest BCUT2D eigenvalue weighted by atomic mass is 32.1. The molecular formula is C26H27N3O3S. The SMILES string of the molecule is CC(=O)Nc1cc(NC(C)=O)cc(C(=O)NC(c2ccc3c(c2)CCCC3)c2cccs2)c1. The normalized spacial score (nSPS) is 13.5. The van der Waals surface area contributed by atoms with Crippen LogP contribution in [-0.2, 0) is 22.4 Å². The predicted molar refractivity (Wildman–Crippen MR) is 132 cm³/mol. The summed E-state index contributed by atoms with van der Waals surface area (Å²) in [6.45, 7) is 2.79. The number of fused-ring (bicyclic) bond motifs is 1. The number of aryl methyl sites for hydroxylation is 2. The fourth-order valence-electron chi connectivity index (χ4n) is 4.23. The molecule has 0 fully saturated rings. The van der Waals surface area contributed by atoms with Crippen LogP contribution < -0.4 is 16.0 Å². The number of amides is 3. The maximum atomic E-state index is 13.4. The number of hydrogen-bond donors (Lipinski definition) is 3. The number of hydrogen-bond acceptors (Lipinski definition) is 4. The van der Waals surface area contributed by atoms with E-state index >= 15 is 0 Å². The van der Waals surface area contributed by atoms with Crippen molar-refractivity contribution in [2.75, 3.05) is 10.6 Å². The fourth-order valence-corrected chi connectivity index (χ4v) is 5.03. The molecule has 1 atom stereocenters. The zero-order valence-corrected chi connectivity index (χ0v) is 19.6. The van der Waals surface area contributed by atoms with Gasteiger partial charge in [0, 0.05) is 35.7 Å². The lowest BCUT2D eigenvalue weighted by Gasteiger charge is -2.22. The van der Waals surface area contributed by atoms with Gasteiger partial charge in [-0.15, -0.1) is 11.3 Å². The second-order valence-electron chi connectivity index (χ2n) is 8.32. The summed E-state index contributed by atoms with van der Waals surface area (Å²) in [5.41, 5.74) is 5.04. The van der Waals surface area contributed by atoms with Crippen molar-refractivity contribution in [2.24, 2.45) is 0 Å². The average Bonchev–Trinajstić information content (AvgIpc) is 3.30. The Morgan fingerprint density at radius 2 is 1.52 bits per heavy atom. The maximum absolute atomic E-state index is 13.4. The highest BCUT2D eigenvalue weighted by molar-refractivity contribution is 7.10. The quantitative estimate of drug-likeness (QED) is 0.479. The second kappa shape index (κ2) is 10.0. The minimum atomic E-state index is -0.293. The minimum absolute atomic E-state index is 0.258. The molecule has 1 aliphatic carbocycles. The first kappa shape index (κ1) is 22.7. The van der Waals surface area contributed by atoms with E-state index in [0.717, 1.165) is 23.3 Å². The third-order valence-corrected chi connectivity index (χ3v) is 6.58. The topological polar surface area (TPSA) is 87.3 Å². The van der Waals surface area contributed by atoms with Crippen molar-refractivity contribution in [1.29, 1.82) is 0 Å². The Labute approximate surface area is 197 Å². The molecule has 7 heteroatoms. The van der Waals surface area contributed by atoms with Crippen LogP contribution in [0.4, 0.5) is 11.4 Å². The van der Waals surface area contributed by atoms with Crippen molar-refractivity contribution in [3.05, 3.63) is 81.0 Å². The van der Waals surface area contributed by atoms with Crippen molar-refractivity contribution >= 4 is 40.4 Å². The molecule has 0 bridgehead atoms. The van der Waals surface area contributed by atoms with Crippen LogP contribution in [0.2, 0.25) is 0 Å². The lowest BCUT2D eigenvalue weighted by Crippen LogP contribution is -2.29. The molecule has 0 saturated carbocycles. The fraction of sp³-hybridized carbons (Fsp3) is 0.269. The van der Waals surface area contributed by atoms with Gasteiger partial charge in [0.15, 0.2) is 0 Å². The molecule has 3 aromatic rings. The van der Waals surface area contributed by atoms with Crippen molar-refractivity contribution in [1.82, 2.24) is 5.32 Å². The van der Waals surface area contributed by atoms with Gasteiger partial charge in [0.1, 0.15) is 0 Å². The average molecular weight is 462 g/mol. The Bertz CT molecular complexity index is 1150. The molecule has 1 unspecified atom stereocenters. The summed E-state index contributed by atoms with van der Waals surface area (Å²) < 4.78 is 0. The van der Waals surface area contributed by atoms with E-state index < -0.39 is 0 Å². The van der Waals surface area contributed by atoms with Gasteiger partial charge >= 0.3 is 0 Å². The molecule has 3 N–H and O–H groups in total. The van der Waals surface area contributed by atoms with Crippen molar-refractivity contribution in [3.8, 4) is 0 Å². The molecule has 1 aliphatic rings. The maximum Gasteiger partial charge on any atom is 0.252 e. The van der Waals surface area contributed by atoms with Gasteiger partial charge in [0.2, 0.25) is 11.8 Å². The Balaban J connectivity index is 1.66. The van der Waals surface area contributed by atoms with Crippen molar-refractivity contribution in [2.45, 2.75) is 45.6 Å². The van der Waals surface area contributed by atoms with Crippen LogP contribution >= 0.6 is 11.3 Å². The number of benzene rings is 2. The van der Waals surface area contributed by atoms with E-state index in [4.69, 9.17) is 0 Å². The van der Waals surface area contributed by atoms with E-state index in [-0.39, 0.29) is 23.8 Å². The van der Waals surface area contributed by atoms with Crippen molar-refractivity contribution < 1.29 is 14.4 Å². The van der Waals surface area contributed by atoms with Gasteiger partial charge in [-0.3, -0.25) is 14.4 Å². The number of rotatable bonds is 6. The first-order valence-electron chi connectivity index (χ1n) is 11.1. The molecule has 0 spiro atoms. The van der Waals surface area contributed by atoms with E-state index in [1.165, 1.54) is 37.8 Å². The Morgan fingerprint density at radius 3 is 2.12 bits per heavy atom. The van der Waals surface area contributed by atoms with Crippen molar-refractivity contribution in [3.63, 3.8) is 0 Å². The minimum Gasteiger partial charge on any atom is -0.340 e. The number of carbonyl (C=O) groups excluding carboxylic acids is 3. The van der Waals surface area contributed by atoms with Gasteiger partial charge in [-0.2, -0.15) is 0 Å². The van der Waals surface area contributed by atoms with E-state index in [1.54, 1.807) is 29.5 Å².